The Morgan fingerprint density at radius 2 is 1.89 bits per heavy atom. The Balaban J connectivity index is 1.60. The van der Waals surface area contributed by atoms with Crippen molar-refractivity contribution >= 4 is 35.0 Å². The Labute approximate surface area is 222 Å². The SMILES string of the molecule is CC(C)(C)OC(=O)N(c1cnc(C(N)=O)c(Nc2ccc(C(=O)N3CCOCC3)cc2)c1)C1CCCNC1. The van der Waals surface area contributed by atoms with E-state index in [1.54, 1.807) is 40.1 Å². The first-order chi connectivity index (χ1) is 18.1. The Morgan fingerprint density at radius 1 is 1.18 bits per heavy atom. The van der Waals surface area contributed by atoms with E-state index in [1.807, 2.05) is 20.8 Å². The van der Waals surface area contributed by atoms with Crippen LogP contribution in [0, 0.1) is 0 Å². The van der Waals surface area contributed by atoms with E-state index in [0.717, 1.165) is 19.4 Å². The number of primary amides is 1. The number of carbonyl (C=O) groups is 3. The van der Waals surface area contributed by atoms with E-state index in [4.69, 9.17) is 15.2 Å². The predicted molar refractivity (Wildman–Crippen MR) is 144 cm³/mol. The highest BCUT2D eigenvalue weighted by molar-refractivity contribution is 5.99. The normalized spacial score (nSPS) is 18.0. The van der Waals surface area contributed by atoms with Gasteiger partial charge in [0, 0.05) is 30.9 Å². The number of hydrogen-bond acceptors (Lipinski definition) is 8. The van der Waals surface area contributed by atoms with E-state index in [-0.39, 0.29) is 17.6 Å². The molecule has 38 heavy (non-hydrogen) atoms. The summed E-state index contributed by atoms with van der Waals surface area (Å²) < 4.78 is 11.0. The number of nitrogens with zero attached hydrogens (tertiary/aromatic N) is 3. The van der Waals surface area contributed by atoms with Crippen LogP contribution in [0.3, 0.4) is 0 Å². The topological polar surface area (TPSA) is 139 Å². The van der Waals surface area contributed by atoms with Gasteiger partial charge < -0.3 is 30.7 Å². The number of ether oxygens (including phenoxy) is 2. The number of amides is 3. The van der Waals surface area contributed by atoms with Gasteiger partial charge in [0.1, 0.15) is 5.60 Å². The van der Waals surface area contributed by atoms with Crippen molar-refractivity contribution in [3.8, 4) is 0 Å². The summed E-state index contributed by atoms with van der Waals surface area (Å²) >= 11 is 0. The fourth-order valence-corrected chi connectivity index (χ4v) is 4.51. The van der Waals surface area contributed by atoms with Crippen LogP contribution in [0.4, 0.5) is 21.9 Å². The van der Waals surface area contributed by atoms with Gasteiger partial charge in [0.15, 0.2) is 5.69 Å². The zero-order valence-corrected chi connectivity index (χ0v) is 22.2. The summed E-state index contributed by atoms with van der Waals surface area (Å²) in [6, 6.07) is 8.49. The zero-order chi connectivity index (χ0) is 27.3. The highest BCUT2D eigenvalue weighted by atomic mass is 16.6. The molecular formula is C27H36N6O5. The third-order valence-electron chi connectivity index (χ3n) is 6.32. The maximum absolute atomic E-state index is 13.3. The van der Waals surface area contributed by atoms with Crippen molar-refractivity contribution in [1.82, 2.24) is 15.2 Å². The monoisotopic (exact) mass is 524 g/mol. The standard InChI is InChI=1S/C27H36N6O5/c1-27(2,3)38-26(36)33(20-5-4-10-29-16-20)21-15-22(23(24(28)34)30-17-21)31-19-8-6-18(7-9-19)25(35)32-11-13-37-14-12-32/h6-9,15,17,20,29,31H,4-5,10-14,16H2,1-3H3,(H2,28,34). The maximum Gasteiger partial charge on any atom is 0.415 e. The van der Waals surface area contributed by atoms with E-state index in [0.29, 0.717) is 55.5 Å². The van der Waals surface area contributed by atoms with Crippen LogP contribution in [0.5, 0.6) is 0 Å². The molecule has 0 radical (unpaired) electrons. The number of aromatic nitrogens is 1. The second-order valence-electron chi connectivity index (χ2n) is 10.4. The average molecular weight is 525 g/mol. The van der Waals surface area contributed by atoms with Crippen LogP contribution in [0.2, 0.25) is 0 Å². The molecule has 11 heteroatoms. The van der Waals surface area contributed by atoms with Gasteiger partial charge in [-0.3, -0.25) is 14.5 Å². The lowest BCUT2D eigenvalue weighted by molar-refractivity contribution is 0.0303. The van der Waals surface area contributed by atoms with Gasteiger partial charge in [0.25, 0.3) is 11.8 Å². The van der Waals surface area contributed by atoms with Gasteiger partial charge in [0.05, 0.1) is 36.8 Å². The highest BCUT2D eigenvalue weighted by Gasteiger charge is 2.32. The summed E-state index contributed by atoms with van der Waals surface area (Å²) in [7, 11) is 0. The van der Waals surface area contributed by atoms with E-state index < -0.39 is 17.6 Å². The van der Waals surface area contributed by atoms with Crippen LogP contribution >= 0.6 is 0 Å². The summed E-state index contributed by atoms with van der Waals surface area (Å²) in [4.78, 5) is 45.9. The number of nitrogens with two attached hydrogens (primary N) is 1. The Kier molecular flexibility index (Phi) is 8.48. The number of morpholine rings is 1. The fourth-order valence-electron chi connectivity index (χ4n) is 4.51. The molecule has 11 nitrogen and oxygen atoms in total. The average Bonchev–Trinajstić information content (AvgIpc) is 2.89. The molecule has 2 aromatic rings. The molecule has 4 N–H and O–H groups in total. The second kappa shape index (κ2) is 11.8. The molecule has 1 atom stereocenters. The molecule has 4 rings (SSSR count). The largest absolute Gasteiger partial charge is 0.443 e. The van der Waals surface area contributed by atoms with E-state index in [2.05, 4.69) is 15.6 Å². The van der Waals surface area contributed by atoms with Crippen LogP contribution < -0.4 is 21.3 Å². The number of piperidine rings is 1. The number of rotatable bonds is 6. The van der Waals surface area contributed by atoms with Crippen LogP contribution in [0.1, 0.15) is 54.5 Å². The first-order valence-corrected chi connectivity index (χ1v) is 12.9. The van der Waals surface area contributed by atoms with Gasteiger partial charge >= 0.3 is 6.09 Å². The zero-order valence-electron chi connectivity index (χ0n) is 22.2. The molecule has 1 unspecified atom stereocenters. The molecule has 204 valence electrons. The van der Waals surface area contributed by atoms with Gasteiger partial charge in [-0.1, -0.05) is 0 Å². The van der Waals surface area contributed by atoms with E-state index in [9.17, 15) is 14.4 Å². The lowest BCUT2D eigenvalue weighted by atomic mass is 10.1. The third-order valence-corrected chi connectivity index (χ3v) is 6.32. The minimum atomic E-state index is -0.707. The van der Waals surface area contributed by atoms with Crippen molar-refractivity contribution in [1.29, 1.82) is 0 Å². The first-order valence-electron chi connectivity index (χ1n) is 12.9. The number of pyridine rings is 1. The van der Waals surface area contributed by atoms with Crippen molar-refractivity contribution < 1.29 is 23.9 Å². The molecule has 0 bridgehead atoms. The van der Waals surface area contributed by atoms with Crippen molar-refractivity contribution in [2.45, 2.75) is 45.3 Å². The highest BCUT2D eigenvalue weighted by Crippen LogP contribution is 2.29. The first kappa shape index (κ1) is 27.3. The van der Waals surface area contributed by atoms with Crippen LogP contribution in [-0.4, -0.2) is 78.8 Å². The van der Waals surface area contributed by atoms with Gasteiger partial charge in [-0.2, -0.15) is 0 Å². The molecule has 1 aromatic heterocycles. The van der Waals surface area contributed by atoms with E-state index >= 15 is 0 Å². The second-order valence-corrected chi connectivity index (χ2v) is 10.4. The lowest BCUT2D eigenvalue weighted by Crippen LogP contribution is -2.50. The van der Waals surface area contributed by atoms with Crippen LogP contribution in [0.25, 0.3) is 0 Å². The molecule has 0 spiro atoms. The van der Waals surface area contributed by atoms with Crippen LogP contribution in [-0.2, 0) is 9.47 Å². The Bertz CT molecular complexity index is 1150. The van der Waals surface area contributed by atoms with Crippen LogP contribution in [0.15, 0.2) is 36.5 Å². The Morgan fingerprint density at radius 3 is 2.50 bits per heavy atom. The molecule has 3 amide bonds. The molecule has 2 fully saturated rings. The third kappa shape index (κ3) is 6.78. The molecule has 2 aliphatic rings. The van der Waals surface area contributed by atoms with Crippen molar-refractivity contribution in [2.75, 3.05) is 49.6 Å². The summed E-state index contributed by atoms with van der Waals surface area (Å²) in [6.45, 7) is 9.12. The van der Waals surface area contributed by atoms with Gasteiger partial charge in [0.2, 0.25) is 0 Å². The summed E-state index contributed by atoms with van der Waals surface area (Å²) in [6.07, 6.45) is 2.69. The summed E-state index contributed by atoms with van der Waals surface area (Å²) in [5.41, 5.74) is 6.98. The Hall–Kier alpha value is -3.70. The predicted octanol–water partition coefficient (Wildman–Crippen LogP) is 2.89. The molecular weight excluding hydrogens is 488 g/mol. The fraction of sp³-hybridized carbons (Fsp3) is 0.481. The summed E-state index contributed by atoms with van der Waals surface area (Å²) in [5, 5.41) is 6.51. The molecule has 0 saturated carbocycles. The molecule has 1 aromatic carbocycles. The number of carbonyl (C=O) groups excluding carboxylic acids is 3. The minimum absolute atomic E-state index is 0.0353. The number of nitrogens with one attached hydrogen (secondary N) is 2. The molecule has 3 heterocycles. The minimum Gasteiger partial charge on any atom is -0.443 e. The van der Waals surface area contributed by atoms with Crippen molar-refractivity contribution in [3.05, 3.63) is 47.8 Å². The van der Waals surface area contributed by atoms with Crippen molar-refractivity contribution in [2.24, 2.45) is 5.73 Å². The molecule has 2 aliphatic heterocycles. The summed E-state index contributed by atoms with van der Waals surface area (Å²) in [5.74, 6) is -0.767. The van der Waals surface area contributed by atoms with Gasteiger partial charge in [-0.05, 0) is 70.5 Å². The van der Waals surface area contributed by atoms with Gasteiger partial charge in [-0.15, -0.1) is 0 Å². The smallest absolute Gasteiger partial charge is 0.415 e. The maximum atomic E-state index is 13.3. The van der Waals surface area contributed by atoms with E-state index in [1.165, 1.54) is 6.20 Å². The molecule has 2 saturated heterocycles. The number of benzene rings is 1. The van der Waals surface area contributed by atoms with Gasteiger partial charge in [-0.25, -0.2) is 9.78 Å². The van der Waals surface area contributed by atoms with Crippen molar-refractivity contribution in [3.63, 3.8) is 0 Å². The molecule has 0 aliphatic carbocycles. The number of hydrogen-bond donors (Lipinski definition) is 3. The quantitative estimate of drug-likeness (QED) is 0.524. The lowest BCUT2D eigenvalue weighted by Gasteiger charge is -2.35. The number of anilines is 3.